The Balaban J connectivity index is 1.34. The Kier molecular flexibility index (Phi) is 7.33. The number of halogens is 1. The number of anilines is 2. The third kappa shape index (κ3) is 5.65. The highest BCUT2D eigenvalue weighted by Gasteiger charge is 2.36. The van der Waals surface area contributed by atoms with Crippen LogP contribution < -0.4 is 10.2 Å². The van der Waals surface area contributed by atoms with E-state index < -0.39 is 0 Å². The number of H-pyrrole nitrogens is 1. The van der Waals surface area contributed by atoms with Gasteiger partial charge in [0.2, 0.25) is 5.91 Å². The molecule has 1 aromatic heterocycles. The van der Waals surface area contributed by atoms with Gasteiger partial charge in [-0.25, -0.2) is 9.37 Å². The van der Waals surface area contributed by atoms with Crippen molar-refractivity contribution in [3.63, 3.8) is 0 Å². The van der Waals surface area contributed by atoms with Gasteiger partial charge in [0.1, 0.15) is 5.82 Å². The van der Waals surface area contributed by atoms with Gasteiger partial charge in [0.05, 0.1) is 17.6 Å². The van der Waals surface area contributed by atoms with Crippen LogP contribution in [0.4, 0.5) is 15.8 Å². The van der Waals surface area contributed by atoms with Gasteiger partial charge in [0.25, 0.3) is 0 Å². The number of aromatic amines is 1. The Morgan fingerprint density at radius 1 is 1.21 bits per heavy atom. The molecule has 38 heavy (non-hydrogen) atoms. The molecule has 2 aromatic carbocycles. The SMILES string of the molecule is C#CCCC1(CCC(=O)Nc2ccc(-c3ccc(F)c(C)c3)c(N3CCC(c4nc[nH]c4C)CC3)c2)C=N1. The predicted octanol–water partition coefficient (Wildman–Crippen LogP) is 6.17. The van der Waals surface area contributed by atoms with Gasteiger partial charge in [-0.3, -0.25) is 9.79 Å². The number of hydrogen-bond acceptors (Lipinski definition) is 4. The molecule has 6 nitrogen and oxygen atoms in total. The first-order valence-electron chi connectivity index (χ1n) is 13.3. The van der Waals surface area contributed by atoms with Gasteiger partial charge in [0.15, 0.2) is 0 Å². The van der Waals surface area contributed by atoms with Crippen molar-refractivity contribution in [3.8, 4) is 23.5 Å². The normalized spacial score (nSPS) is 18.8. The summed E-state index contributed by atoms with van der Waals surface area (Å²) in [6.07, 6.45) is 13.5. The van der Waals surface area contributed by atoms with E-state index in [2.05, 4.69) is 38.0 Å². The number of amides is 1. The van der Waals surface area contributed by atoms with Crippen LogP contribution in [0.3, 0.4) is 0 Å². The number of hydrogen-bond donors (Lipinski definition) is 2. The number of rotatable bonds is 9. The van der Waals surface area contributed by atoms with Crippen molar-refractivity contribution in [3.05, 3.63) is 65.5 Å². The molecule has 0 aliphatic carbocycles. The lowest BCUT2D eigenvalue weighted by Gasteiger charge is -2.35. The van der Waals surface area contributed by atoms with Crippen LogP contribution >= 0.6 is 0 Å². The summed E-state index contributed by atoms with van der Waals surface area (Å²) in [6, 6.07) is 11.2. The average Bonchev–Trinajstić information content (AvgIpc) is 3.58. The Labute approximate surface area is 223 Å². The Morgan fingerprint density at radius 2 is 2.00 bits per heavy atom. The maximum absolute atomic E-state index is 14.0. The number of aliphatic imine (C=N–C) groups is 1. The van der Waals surface area contributed by atoms with Gasteiger partial charge in [-0.2, -0.15) is 0 Å². The van der Waals surface area contributed by atoms with E-state index in [4.69, 9.17) is 6.42 Å². The molecule has 1 atom stereocenters. The fourth-order valence-electron chi connectivity index (χ4n) is 5.42. The zero-order valence-corrected chi connectivity index (χ0v) is 22.1. The minimum absolute atomic E-state index is 0.0374. The highest BCUT2D eigenvalue weighted by molar-refractivity contribution is 5.94. The van der Waals surface area contributed by atoms with E-state index in [9.17, 15) is 9.18 Å². The predicted molar refractivity (Wildman–Crippen MR) is 151 cm³/mol. The minimum Gasteiger partial charge on any atom is -0.371 e. The second-order valence-electron chi connectivity index (χ2n) is 10.5. The number of piperidine rings is 1. The lowest BCUT2D eigenvalue weighted by atomic mass is 9.91. The molecule has 1 fully saturated rings. The Hall–Kier alpha value is -3.92. The zero-order chi connectivity index (χ0) is 26.7. The summed E-state index contributed by atoms with van der Waals surface area (Å²) in [4.78, 5) is 27.3. The van der Waals surface area contributed by atoms with Crippen LogP contribution in [-0.2, 0) is 4.79 Å². The molecular weight excluding hydrogens is 477 g/mol. The zero-order valence-electron chi connectivity index (χ0n) is 22.1. The van der Waals surface area contributed by atoms with Gasteiger partial charge >= 0.3 is 0 Å². The number of terminal acetylenes is 1. The van der Waals surface area contributed by atoms with E-state index in [1.54, 1.807) is 13.3 Å². The van der Waals surface area contributed by atoms with Crippen molar-refractivity contribution in [2.24, 2.45) is 4.99 Å². The molecule has 0 spiro atoms. The molecule has 5 rings (SSSR count). The minimum atomic E-state index is -0.226. The molecule has 1 amide bonds. The van der Waals surface area contributed by atoms with E-state index in [-0.39, 0.29) is 17.3 Å². The van der Waals surface area contributed by atoms with Crippen molar-refractivity contribution in [2.45, 2.75) is 63.8 Å². The monoisotopic (exact) mass is 511 g/mol. The van der Waals surface area contributed by atoms with Crippen molar-refractivity contribution in [1.82, 2.24) is 9.97 Å². The number of aryl methyl sites for hydroxylation is 2. The van der Waals surface area contributed by atoms with Gasteiger partial charge in [-0.1, -0.05) is 12.1 Å². The molecule has 196 valence electrons. The summed E-state index contributed by atoms with van der Waals surface area (Å²) in [6.45, 7) is 5.60. The van der Waals surface area contributed by atoms with Crippen LogP contribution in [0.25, 0.3) is 11.1 Å². The van der Waals surface area contributed by atoms with Crippen LogP contribution in [0.15, 0.2) is 47.7 Å². The molecule has 1 unspecified atom stereocenters. The molecule has 2 aliphatic rings. The number of aromatic nitrogens is 2. The van der Waals surface area contributed by atoms with Gasteiger partial charge in [-0.15, -0.1) is 12.3 Å². The topological polar surface area (TPSA) is 73.4 Å². The number of carbonyl (C=O) groups excluding carboxylic acids is 1. The Morgan fingerprint density at radius 3 is 2.66 bits per heavy atom. The lowest BCUT2D eigenvalue weighted by molar-refractivity contribution is -0.116. The largest absolute Gasteiger partial charge is 0.371 e. The molecule has 1 saturated heterocycles. The second kappa shape index (κ2) is 10.8. The van der Waals surface area contributed by atoms with Crippen LogP contribution in [0.5, 0.6) is 0 Å². The van der Waals surface area contributed by atoms with Crippen LogP contribution in [0, 0.1) is 32.0 Å². The molecule has 0 radical (unpaired) electrons. The van der Waals surface area contributed by atoms with Crippen LogP contribution in [0.1, 0.15) is 61.4 Å². The molecule has 2 N–H and O–H groups in total. The third-order valence-electron chi connectivity index (χ3n) is 7.82. The first-order chi connectivity index (χ1) is 18.4. The summed E-state index contributed by atoms with van der Waals surface area (Å²) in [5, 5.41) is 3.08. The first-order valence-corrected chi connectivity index (χ1v) is 13.3. The molecule has 0 saturated carbocycles. The number of carbonyl (C=O) groups is 1. The summed E-state index contributed by atoms with van der Waals surface area (Å²) in [7, 11) is 0. The molecule has 2 aliphatic heterocycles. The quantitative estimate of drug-likeness (QED) is 0.337. The highest BCUT2D eigenvalue weighted by Crippen LogP contribution is 2.38. The summed E-state index contributed by atoms with van der Waals surface area (Å²) in [5.41, 5.74) is 6.46. The van der Waals surface area contributed by atoms with E-state index in [0.29, 0.717) is 30.7 Å². The van der Waals surface area contributed by atoms with E-state index in [0.717, 1.165) is 66.2 Å². The van der Waals surface area contributed by atoms with Crippen LogP contribution in [-0.4, -0.2) is 40.7 Å². The maximum Gasteiger partial charge on any atom is 0.224 e. The highest BCUT2D eigenvalue weighted by atomic mass is 19.1. The first kappa shape index (κ1) is 25.7. The third-order valence-corrected chi connectivity index (χ3v) is 7.82. The number of nitrogens with zero attached hydrogens (tertiary/aromatic N) is 3. The van der Waals surface area contributed by atoms with E-state index >= 15 is 0 Å². The average molecular weight is 512 g/mol. The van der Waals surface area contributed by atoms with Gasteiger partial charge in [0, 0.05) is 60.7 Å². The molecule has 3 heterocycles. The Bertz CT molecular complexity index is 1390. The fraction of sp³-hybridized carbons (Fsp3) is 0.387. The van der Waals surface area contributed by atoms with Crippen molar-refractivity contribution < 1.29 is 9.18 Å². The molecule has 0 bridgehead atoms. The smallest absolute Gasteiger partial charge is 0.224 e. The fourth-order valence-corrected chi connectivity index (χ4v) is 5.42. The second-order valence-corrected chi connectivity index (χ2v) is 10.5. The van der Waals surface area contributed by atoms with Gasteiger partial charge in [-0.05, 0) is 74.9 Å². The number of imidazole rings is 1. The van der Waals surface area contributed by atoms with Crippen molar-refractivity contribution in [1.29, 1.82) is 0 Å². The lowest BCUT2D eigenvalue weighted by Crippen LogP contribution is -2.33. The van der Waals surface area contributed by atoms with E-state index in [1.165, 1.54) is 6.07 Å². The van der Waals surface area contributed by atoms with Gasteiger partial charge < -0.3 is 15.2 Å². The van der Waals surface area contributed by atoms with Crippen molar-refractivity contribution in [2.75, 3.05) is 23.3 Å². The standard InChI is InChI=1S/C31H34FN5O/c1-4-5-13-31(19-35-31)14-10-29(38)36-25-7-8-26(24-6-9-27(32)21(2)17-24)28(18-25)37-15-11-23(12-16-37)30-22(3)33-20-34-30/h1,6-9,17-20,23H,5,10-16H2,2-3H3,(H,33,34)(H,36,38). The number of nitrogens with one attached hydrogen (secondary N) is 2. The maximum atomic E-state index is 14.0. The summed E-state index contributed by atoms with van der Waals surface area (Å²) in [5.74, 6) is 2.82. The summed E-state index contributed by atoms with van der Waals surface area (Å²) < 4.78 is 14.0. The van der Waals surface area contributed by atoms with E-state index in [1.807, 2.05) is 36.5 Å². The van der Waals surface area contributed by atoms with Crippen LogP contribution in [0.2, 0.25) is 0 Å². The molecule has 3 aromatic rings. The van der Waals surface area contributed by atoms with Crippen molar-refractivity contribution >= 4 is 23.5 Å². The molecule has 7 heteroatoms. The number of benzene rings is 2. The summed E-state index contributed by atoms with van der Waals surface area (Å²) >= 11 is 0. The molecular formula is C31H34FN5O.